The molecule has 0 aliphatic carbocycles. The van der Waals surface area contributed by atoms with Gasteiger partial charge in [-0.15, -0.1) is 0 Å². The molecular weight excluding hydrogens is 284 g/mol. The van der Waals surface area contributed by atoms with E-state index in [1.54, 1.807) is 49.7 Å². The van der Waals surface area contributed by atoms with E-state index < -0.39 is 5.97 Å². The van der Waals surface area contributed by atoms with Gasteiger partial charge < -0.3 is 14.8 Å². The molecule has 0 unspecified atom stereocenters. The monoisotopic (exact) mass is 300 g/mol. The van der Waals surface area contributed by atoms with Gasteiger partial charge in [0.1, 0.15) is 12.4 Å². The van der Waals surface area contributed by atoms with Gasteiger partial charge in [-0.25, -0.2) is 4.79 Å². The van der Waals surface area contributed by atoms with E-state index in [-0.39, 0.29) is 19.1 Å². The zero-order valence-corrected chi connectivity index (χ0v) is 12.1. The van der Waals surface area contributed by atoms with Gasteiger partial charge in [0.25, 0.3) is 5.91 Å². The highest BCUT2D eigenvalue weighted by Gasteiger charge is 2.08. The van der Waals surface area contributed by atoms with Gasteiger partial charge in [0.2, 0.25) is 0 Å². The van der Waals surface area contributed by atoms with Crippen molar-refractivity contribution >= 4 is 11.9 Å². The Morgan fingerprint density at radius 2 is 1.91 bits per heavy atom. The molecule has 0 radical (unpaired) electrons. The van der Waals surface area contributed by atoms with E-state index in [9.17, 15) is 9.59 Å². The summed E-state index contributed by atoms with van der Waals surface area (Å²) in [5.41, 5.74) is 0.892. The van der Waals surface area contributed by atoms with Crippen molar-refractivity contribution in [3.8, 4) is 5.75 Å². The van der Waals surface area contributed by atoms with Gasteiger partial charge in [-0.05, 0) is 36.4 Å². The molecule has 1 aromatic heterocycles. The number of amides is 1. The maximum atomic E-state index is 11.8. The Bertz CT molecular complexity index is 626. The molecule has 2 aromatic rings. The molecule has 0 saturated carbocycles. The van der Waals surface area contributed by atoms with Crippen molar-refractivity contribution in [2.45, 2.75) is 0 Å². The van der Waals surface area contributed by atoms with Crippen molar-refractivity contribution in [2.24, 2.45) is 0 Å². The molecule has 6 nitrogen and oxygen atoms in total. The molecule has 1 heterocycles. The van der Waals surface area contributed by atoms with Gasteiger partial charge in [-0.3, -0.25) is 9.78 Å². The summed E-state index contributed by atoms with van der Waals surface area (Å²) < 4.78 is 10.1. The van der Waals surface area contributed by atoms with E-state index in [1.807, 2.05) is 0 Å². The summed E-state index contributed by atoms with van der Waals surface area (Å²) in [7, 11) is 1.55. The molecule has 114 valence electrons. The lowest BCUT2D eigenvalue weighted by Crippen LogP contribution is -2.28. The molecule has 22 heavy (non-hydrogen) atoms. The SMILES string of the molecule is COc1ccc(C(=O)OCCNC(=O)c2cccnc2)cc1. The number of methoxy groups -OCH3 is 1. The minimum atomic E-state index is -0.446. The normalized spacial score (nSPS) is 9.86. The first-order valence-corrected chi connectivity index (χ1v) is 6.70. The van der Waals surface area contributed by atoms with Gasteiger partial charge in [-0.2, -0.15) is 0 Å². The number of nitrogens with one attached hydrogen (secondary N) is 1. The Morgan fingerprint density at radius 3 is 2.55 bits per heavy atom. The zero-order valence-electron chi connectivity index (χ0n) is 12.1. The van der Waals surface area contributed by atoms with Crippen LogP contribution in [0.2, 0.25) is 0 Å². The molecule has 0 aliphatic rings. The van der Waals surface area contributed by atoms with Gasteiger partial charge in [0, 0.05) is 12.4 Å². The average Bonchev–Trinajstić information content (AvgIpc) is 2.59. The van der Waals surface area contributed by atoms with Gasteiger partial charge in [-0.1, -0.05) is 0 Å². The van der Waals surface area contributed by atoms with Crippen molar-refractivity contribution in [3.05, 3.63) is 59.9 Å². The summed E-state index contributed by atoms with van der Waals surface area (Å²) >= 11 is 0. The number of hydrogen-bond donors (Lipinski definition) is 1. The number of benzene rings is 1. The average molecular weight is 300 g/mol. The van der Waals surface area contributed by atoms with Crippen LogP contribution in [0.1, 0.15) is 20.7 Å². The molecule has 1 aromatic carbocycles. The molecular formula is C16H16N2O4. The first-order valence-electron chi connectivity index (χ1n) is 6.70. The second-order valence-electron chi connectivity index (χ2n) is 4.36. The lowest BCUT2D eigenvalue weighted by atomic mass is 10.2. The fourth-order valence-corrected chi connectivity index (χ4v) is 1.72. The van der Waals surface area contributed by atoms with E-state index in [1.165, 1.54) is 6.20 Å². The van der Waals surface area contributed by atoms with Crippen molar-refractivity contribution in [2.75, 3.05) is 20.3 Å². The minimum absolute atomic E-state index is 0.0941. The fourth-order valence-electron chi connectivity index (χ4n) is 1.72. The van der Waals surface area contributed by atoms with E-state index >= 15 is 0 Å². The molecule has 1 amide bonds. The van der Waals surface area contributed by atoms with Gasteiger partial charge >= 0.3 is 5.97 Å². The molecule has 0 fully saturated rings. The van der Waals surface area contributed by atoms with Crippen molar-refractivity contribution < 1.29 is 19.1 Å². The van der Waals surface area contributed by atoms with E-state index in [2.05, 4.69) is 10.3 Å². The number of pyridine rings is 1. The highest BCUT2D eigenvalue weighted by molar-refractivity contribution is 5.93. The summed E-state index contributed by atoms with van der Waals surface area (Å²) in [4.78, 5) is 27.4. The Hall–Kier alpha value is -2.89. The smallest absolute Gasteiger partial charge is 0.338 e. The fraction of sp³-hybridized carbons (Fsp3) is 0.188. The van der Waals surface area contributed by atoms with Crippen LogP contribution >= 0.6 is 0 Å². The van der Waals surface area contributed by atoms with E-state index in [4.69, 9.17) is 9.47 Å². The second-order valence-corrected chi connectivity index (χ2v) is 4.36. The lowest BCUT2D eigenvalue weighted by Gasteiger charge is -2.07. The number of ether oxygens (including phenoxy) is 2. The van der Waals surface area contributed by atoms with Crippen LogP contribution in [0.4, 0.5) is 0 Å². The topological polar surface area (TPSA) is 77.5 Å². The Kier molecular flexibility index (Phi) is 5.48. The molecule has 2 rings (SSSR count). The van der Waals surface area contributed by atoms with Crippen LogP contribution in [-0.4, -0.2) is 37.1 Å². The third-order valence-electron chi connectivity index (χ3n) is 2.87. The van der Waals surface area contributed by atoms with Gasteiger partial charge in [0.05, 0.1) is 24.8 Å². The van der Waals surface area contributed by atoms with Crippen LogP contribution in [0.5, 0.6) is 5.75 Å². The van der Waals surface area contributed by atoms with Crippen LogP contribution in [0, 0.1) is 0 Å². The van der Waals surface area contributed by atoms with Crippen LogP contribution in [0.15, 0.2) is 48.8 Å². The number of carbonyl (C=O) groups excluding carboxylic acids is 2. The van der Waals surface area contributed by atoms with Crippen molar-refractivity contribution in [1.82, 2.24) is 10.3 Å². The third-order valence-corrected chi connectivity index (χ3v) is 2.87. The predicted octanol–water partition coefficient (Wildman–Crippen LogP) is 1.68. The Balaban J connectivity index is 1.74. The maximum absolute atomic E-state index is 11.8. The number of nitrogens with zero attached hydrogens (tertiary/aromatic N) is 1. The van der Waals surface area contributed by atoms with E-state index in [0.717, 1.165) is 0 Å². The molecule has 0 bridgehead atoms. The first kappa shape index (κ1) is 15.5. The van der Waals surface area contributed by atoms with Crippen LogP contribution in [-0.2, 0) is 4.74 Å². The van der Waals surface area contributed by atoms with Crippen LogP contribution in [0.25, 0.3) is 0 Å². The van der Waals surface area contributed by atoms with Crippen LogP contribution < -0.4 is 10.1 Å². The summed E-state index contributed by atoms with van der Waals surface area (Å²) in [5.74, 6) is -0.0350. The highest BCUT2D eigenvalue weighted by atomic mass is 16.5. The quantitative estimate of drug-likeness (QED) is 0.648. The number of aromatic nitrogens is 1. The Labute approximate surface area is 128 Å². The molecule has 0 spiro atoms. The first-order chi connectivity index (χ1) is 10.7. The van der Waals surface area contributed by atoms with Crippen molar-refractivity contribution in [1.29, 1.82) is 0 Å². The van der Waals surface area contributed by atoms with Crippen molar-refractivity contribution in [3.63, 3.8) is 0 Å². The third kappa shape index (κ3) is 4.31. The van der Waals surface area contributed by atoms with Gasteiger partial charge in [0.15, 0.2) is 0 Å². The number of hydrogen-bond acceptors (Lipinski definition) is 5. The van der Waals surface area contributed by atoms with E-state index in [0.29, 0.717) is 16.9 Å². The summed E-state index contributed by atoms with van der Waals surface area (Å²) in [6.07, 6.45) is 3.06. The maximum Gasteiger partial charge on any atom is 0.338 e. The summed E-state index contributed by atoms with van der Waals surface area (Å²) in [6.45, 7) is 0.326. The molecule has 0 aliphatic heterocycles. The lowest BCUT2D eigenvalue weighted by molar-refractivity contribution is 0.0503. The predicted molar refractivity (Wildman–Crippen MR) is 79.8 cm³/mol. The molecule has 0 atom stereocenters. The number of carbonyl (C=O) groups is 2. The standard InChI is InChI=1S/C16H16N2O4/c1-21-14-6-4-12(5-7-14)16(20)22-10-9-18-15(19)13-3-2-8-17-11-13/h2-8,11H,9-10H2,1H3,(H,18,19). The second kappa shape index (κ2) is 7.78. The minimum Gasteiger partial charge on any atom is -0.497 e. The summed E-state index contributed by atoms with van der Waals surface area (Å²) in [6, 6.07) is 9.94. The highest BCUT2D eigenvalue weighted by Crippen LogP contribution is 2.11. The summed E-state index contributed by atoms with van der Waals surface area (Å²) in [5, 5.41) is 2.65. The zero-order chi connectivity index (χ0) is 15.8. The molecule has 0 saturated heterocycles. The molecule has 6 heteroatoms. The number of esters is 1. The number of rotatable bonds is 6. The largest absolute Gasteiger partial charge is 0.497 e. The molecule has 1 N–H and O–H groups in total. The Morgan fingerprint density at radius 1 is 1.14 bits per heavy atom. The van der Waals surface area contributed by atoms with Crippen LogP contribution in [0.3, 0.4) is 0 Å².